The lowest BCUT2D eigenvalue weighted by Crippen LogP contribution is -1.99. The minimum absolute atomic E-state index is 0.0414. The molecule has 0 aliphatic carbocycles. The first-order valence-corrected chi connectivity index (χ1v) is 7.79. The van der Waals surface area contributed by atoms with E-state index in [4.69, 9.17) is 4.74 Å². The fourth-order valence-electron chi connectivity index (χ4n) is 1.88. The number of hydrogen-bond acceptors (Lipinski definition) is 5. The van der Waals surface area contributed by atoms with Gasteiger partial charge in [-0.3, -0.25) is 10.1 Å². The van der Waals surface area contributed by atoms with Gasteiger partial charge in [0.2, 0.25) is 0 Å². The Bertz CT molecular complexity index is 452. The molecule has 0 unspecified atom stereocenters. The highest BCUT2D eigenvalue weighted by atomic mass is 32.2. The van der Waals surface area contributed by atoms with E-state index in [0.717, 1.165) is 17.1 Å². The Morgan fingerprint density at radius 1 is 1.35 bits per heavy atom. The SMILES string of the molecule is CCCCCCSc1cc(NC)c([N+](=O)[O-])cc1OC. The molecule has 0 aliphatic rings. The van der Waals surface area contributed by atoms with E-state index in [9.17, 15) is 10.1 Å². The fraction of sp³-hybridized carbons (Fsp3) is 0.571. The van der Waals surface area contributed by atoms with E-state index in [1.54, 1.807) is 32.0 Å². The molecule has 0 spiro atoms. The van der Waals surface area contributed by atoms with Gasteiger partial charge in [0.15, 0.2) is 0 Å². The molecule has 6 heteroatoms. The molecule has 0 heterocycles. The fourth-order valence-corrected chi connectivity index (χ4v) is 2.94. The number of methoxy groups -OCH3 is 1. The average Bonchev–Trinajstić information content (AvgIpc) is 2.46. The van der Waals surface area contributed by atoms with Crippen molar-refractivity contribution in [3.05, 3.63) is 22.2 Å². The van der Waals surface area contributed by atoms with E-state index in [1.807, 2.05) is 0 Å². The first-order valence-electron chi connectivity index (χ1n) is 6.81. The highest BCUT2D eigenvalue weighted by molar-refractivity contribution is 7.99. The van der Waals surface area contributed by atoms with Gasteiger partial charge in [-0.2, -0.15) is 0 Å². The number of anilines is 1. The van der Waals surface area contributed by atoms with E-state index in [2.05, 4.69) is 12.2 Å². The van der Waals surface area contributed by atoms with Crippen LogP contribution in [-0.4, -0.2) is 24.8 Å². The molecule has 0 saturated carbocycles. The topological polar surface area (TPSA) is 64.4 Å². The van der Waals surface area contributed by atoms with Crippen LogP contribution >= 0.6 is 11.8 Å². The van der Waals surface area contributed by atoms with Crippen molar-refractivity contribution in [2.75, 3.05) is 25.2 Å². The summed E-state index contributed by atoms with van der Waals surface area (Å²) in [6, 6.07) is 3.28. The number of rotatable bonds is 9. The summed E-state index contributed by atoms with van der Waals surface area (Å²) in [7, 11) is 3.23. The van der Waals surface area contributed by atoms with Gasteiger partial charge >= 0.3 is 0 Å². The molecule has 1 rings (SSSR count). The zero-order chi connectivity index (χ0) is 15.0. The van der Waals surface area contributed by atoms with Gasteiger partial charge < -0.3 is 10.1 Å². The summed E-state index contributed by atoms with van der Waals surface area (Å²) in [5.74, 6) is 1.56. The summed E-state index contributed by atoms with van der Waals surface area (Å²) in [5, 5.41) is 13.9. The van der Waals surface area contributed by atoms with E-state index in [-0.39, 0.29) is 5.69 Å². The highest BCUT2D eigenvalue weighted by Gasteiger charge is 2.18. The Hall–Kier alpha value is -1.43. The zero-order valence-electron chi connectivity index (χ0n) is 12.3. The second kappa shape index (κ2) is 8.68. The molecule has 0 bridgehead atoms. The lowest BCUT2D eigenvalue weighted by Gasteiger charge is -2.11. The summed E-state index contributed by atoms with van der Waals surface area (Å²) in [6.07, 6.45) is 4.83. The molecule has 0 amide bonds. The predicted molar refractivity (Wildman–Crippen MR) is 84.1 cm³/mol. The normalized spacial score (nSPS) is 10.3. The van der Waals surface area contributed by atoms with Gasteiger partial charge in [0.1, 0.15) is 11.4 Å². The van der Waals surface area contributed by atoms with Crippen molar-refractivity contribution in [3.8, 4) is 5.75 Å². The van der Waals surface area contributed by atoms with Crippen LogP contribution in [0.4, 0.5) is 11.4 Å². The second-order valence-corrected chi connectivity index (χ2v) is 5.57. The smallest absolute Gasteiger partial charge is 0.296 e. The quantitative estimate of drug-likeness (QED) is 0.318. The second-order valence-electron chi connectivity index (χ2n) is 4.44. The maximum absolute atomic E-state index is 11.0. The number of unbranched alkanes of at least 4 members (excludes halogenated alkanes) is 3. The van der Waals surface area contributed by atoms with Crippen LogP contribution in [0.5, 0.6) is 5.75 Å². The van der Waals surface area contributed by atoms with Crippen molar-refractivity contribution < 1.29 is 9.66 Å². The molecule has 1 N–H and O–H groups in total. The zero-order valence-corrected chi connectivity index (χ0v) is 13.1. The molecule has 112 valence electrons. The van der Waals surface area contributed by atoms with Crippen molar-refractivity contribution in [1.82, 2.24) is 0 Å². The summed E-state index contributed by atoms with van der Waals surface area (Å²) >= 11 is 1.68. The van der Waals surface area contributed by atoms with Crippen LogP contribution in [0.3, 0.4) is 0 Å². The summed E-state index contributed by atoms with van der Waals surface area (Å²) < 4.78 is 5.26. The molecule has 0 atom stereocenters. The van der Waals surface area contributed by atoms with Crippen molar-refractivity contribution in [3.63, 3.8) is 0 Å². The van der Waals surface area contributed by atoms with Crippen LogP contribution in [0.15, 0.2) is 17.0 Å². The van der Waals surface area contributed by atoms with Gasteiger partial charge in [0.25, 0.3) is 5.69 Å². The molecule has 0 fully saturated rings. The molecule has 0 radical (unpaired) electrons. The van der Waals surface area contributed by atoms with Crippen LogP contribution in [0.25, 0.3) is 0 Å². The Balaban J connectivity index is 2.81. The summed E-state index contributed by atoms with van der Waals surface area (Å²) in [5.41, 5.74) is 0.562. The number of ether oxygens (including phenoxy) is 1. The maximum Gasteiger partial charge on any atom is 0.296 e. The molecule has 1 aromatic rings. The van der Waals surface area contributed by atoms with Crippen molar-refractivity contribution in [2.24, 2.45) is 0 Å². The van der Waals surface area contributed by atoms with Crippen molar-refractivity contribution in [1.29, 1.82) is 0 Å². The number of benzene rings is 1. The number of nitro groups is 1. The molecule has 5 nitrogen and oxygen atoms in total. The summed E-state index contributed by atoms with van der Waals surface area (Å²) in [6.45, 7) is 2.19. The first-order chi connectivity index (χ1) is 9.63. The van der Waals surface area contributed by atoms with Crippen molar-refractivity contribution >= 4 is 23.1 Å². The third-order valence-corrected chi connectivity index (χ3v) is 4.13. The Morgan fingerprint density at radius 3 is 2.65 bits per heavy atom. The molecular formula is C14H22N2O3S. The molecule has 0 saturated heterocycles. The van der Waals surface area contributed by atoms with Gasteiger partial charge in [0.05, 0.1) is 23.0 Å². The minimum atomic E-state index is -0.399. The number of nitrogens with one attached hydrogen (secondary N) is 1. The monoisotopic (exact) mass is 298 g/mol. The van der Waals surface area contributed by atoms with Crippen molar-refractivity contribution in [2.45, 2.75) is 37.5 Å². The predicted octanol–water partition coefficient (Wildman–Crippen LogP) is 4.32. The lowest BCUT2D eigenvalue weighted by molar-refractivity contribution is -0.384. The molecule has 0 aliphatic heterocycles. The minimum Gasteiger partial charge on any atom is -0.495 e. The Morgan fingerprint density at radius 2 is 2.10 bits per heavy atom. The number of nitro benzene ring substituents is 1. The van der Waals surface area contributed by atoms with Gasteiger partial charge in [-0.15, -0.1) is 11.8 Å². The van der Waals surface area contributed by atoms with Crippen LogP contribution in [0, 0.1) is 10.1 Å². The van der Waals surface area contributed by atoms with E-state index in [1.165, 1.54) is 25.3 Å². The van der Waals surface area contributed by atoms with Gasteiger partial charge in [-0.25, -0.2) is 0 Å². The third-order valence-electron chi connectivity index (χ3n) is 3.00. The summed E-state index contributed by atoms with van der Waals surface area (Å²) in [4.78, 5) is 11.5. The number of hydrogen-bond donors (Lipinski definition) is 1. The molecular weight excluding hydrogens is 276 g/mol. The number of thioether (sulfide) groups is 1. The van der Waals surface area contributed by atoms with E-state index in [0.29, 0.717) is 11.4 Å². The molecule has 1 aromatic carbocycles. The van der Waals surface area contributed by atoms with Crippen LogP contribution < -0.4 is 10.1 Å². The average molecular weight is 298 g/mol. The number of nitrogens with zero attached hydrogens (tertiary/aromatic N) is 1. The lowest BCUT2D eigenvalue weighted by atomic mass is 10.2. The van der Waals surface area contributed by atoms with Crippen LogP contribution in [-0.2, 0) is 0 Å². The van der Waals surface area contributed by atoms with Gasteiger partial charge in [-0.1, -0.05) is 26.2 Å². The van der Waals surface area contributed by atoms with Gasteiger partial charge in [-0.05, 0) is 18.2 Å². The maximum atomic E-state index is 11.0. The Labute approximate surface area is 124 Å². The van der Waals surface area contributed by atoms with Gasteiger partial charge in [0, 0.05) is 7.05 Å². The molecule has 0 aromatic heterocycles. The Kier molecular flexibility index (Phi) is 7.22. The molecule has 20 heavy (non-hydrogen) atoms. The van der Waals surface area contributed by atoms with E-state index < -0.39 is 4.92 Å². The van der Waals surface area contributed by atoms with Crippen LogP contribution in [0.1, 0.15) is 32.6 Å². The van der Waals surface area contributed by atoms with Crippen LogP contribution in [0.2, 0.25) is 0 Å². The third kappa shape index (κ3) is 4.59. The largest absolute Gasteiger partial charge is 0.495 e. The van der Waals surface area contributed by atoms with E-state index >= 15 is 0 Å². The standard InChI is InChI=1S/C14H22N2O3S/c1-4-5-6-7-8-20-14-9-11(15-2)12(16(17)18)10-13(14)19-3/h9-10,15H,4-8H2,1-3H3. The highest BCUT2D eigenvalue weighted by Crippen LogP contribution is 2.38. The first kappa shape index (κ1) is 16.6.